The minimum absolute atomic E-state index is 0.0573. The van der Waals surface area contributed by atoms with Gasteiger partial charge in [-0.15, -0.1) is 11.3 Å². The molecule has 1 aromatic carbocycles. The molecule has 3 unspecified atom stereocenters. The van der Waals surface area contributed by atoms with Gasteiger partial charge in [-0.25, -0.2) is 9.97 Å². The van der Waals surface area contributed by atoms with Crippen LogP contribution in [0.25, 0.3) is 10.2 Å². The van der Waals surface area contributed by atoms with Crippen LogP contribution in [-0.2, 0) is 4.79 Å². The highest BCUT2D eigenvalue weighted by Crippen LogP contribution is 2.28. The summed E-state index contributed by atoms with van der Waals surface area (Å²) in [5.41, 5.74) is 0.727. The molecule has 0 saturated heterocycles. The molecule has 0 bridgehead atoms. The van der Waals surface area contributed by atoms with Crippen molar-refractivity contribution in [1.29, 1.82) is 0 Å². The molecule has 0 radical (unpaired) electrons. The van der Waals surface area contributed by atoms with Gasteiger partial charge in [-0.3, -0.25) is 4.79 Å². The van der Waals surface area contributed by atoms with Gasteiger partial charge in [0.05, 0.1) is 16.3 Å². The summed E-state index contributed by atoms with van der Waals surface area (Å²) in [7, 11) is 0. The summed E-state index contributed by atoms with van der Waals surface area (Å²) in [6, 6.07) is 7.02. The predicted molar refractivity (Wildman–Crippen MR) is 94.9 cm³/mol. The van der Waals surface area contributed by atoms with E-state index in [2.05, 4.69) is 20.3 Å². The lowest BCUT2D eigenvalue weighted by molar-refractivity contribution is -0.136. The largest absolute Gasteiger partial charge is 0.383 e. The van der Waals surface area contributed by atoms with E-state index in [4.69, 9.17) is 0 Å². The van der Waals surface area contributed by atoms with E-state index in [-0.39, 0.29) is 12.0 Å². The molecule has 2 aromatic heterocycles. The molecule has 0 spiro atoms. The first-order chi connectivity index (χ1) is 12.0. The van der Waals surface area contributed by atoms with Crippen LogP contribution in [0.15, 0.2) is 36.7 Å². The number of carbonyl (C=O) groups excluding carboxylic acids is 1. The van der Waals surface area contributed by atoms with Crippen molar-refractivity contribution in [1.82, 2.24) is 20.3 Å². The fourth-order valence-corrected chi connectivity index (χ4v) is 3.52. The Labute approximate surface area is 148 Å². The number of rotatable bonds is 6. The van der Waals surface area contributed by atoms with Crippen molar-refractivity contribution < 1.29 is 15.0 Å². The molecule has 7 nitrogen and oxygen atoms in total. The smallest absolute Gasteiger partial charge is 0.252 e. The van der Waals surface area contributed by atoms with Crippen LogP contribution in [0.2, 0.25) is 0 Å². The topological polar surface area (TPSA) is 111 Å². The van der Waals surface area contributed by atoms with E-state index in [1.807, 2.05) is 38.1 Å². The average molecular weight is 360 g/mol. The lowest BCUT2D eigenvalue weighted by Gasteiger charge is -2.23. The number of hydrogen-bond acceptors (Lipinski definition) is 6. The molecule has 2 heterocycles. The van der Waals surface area contributed by atoms with Gasteiger partial charge in [0.25, 0.3) is 5.91 Å². The number of thiazole rings is 1. The van der Waals surface area contributed by atoms with E-state index in [1.165, 1.54) is 11.3 Å². The van der Waals surface area contributed by atoms with E-state index < -0.39 is 18.1 Å². The van der Waals surface area contributed by atoms with Crippen molar-refractivity contribution >= 4 is 27.5 Å². The van der Waals surface area contributed by atoms with Gasteiger partial charge in [0.15, 0.2) is 6.10 Å². The average Bonchev–Trinajstić information content (AvgIpc) is 3.26. The van der Waals surface area contributed by atoms with Gasteiger partial charge in [-0.05, 0) is 18.1 Å². The van der Waals surface area contributed by atoms with Crippen molar-refractivity contribution in [2.45, 2.75) is 32.1 Å². The Bertz CT molecular complexity index is 814. The zero-order valence-corrected chi connectivity index (χ0v) is 14.7. The summed E-state index contributed by atoms with van der Waals surface area (Å²) in [6.07, 6.45) is 0.269. The summed E-state index contributed by atoms with van der Waals surface area (Å²) < 4.78 is 0.889. The second kappa shape index (κ2) is 7.30. The molecular weight excluding hydrogens is 340 g/mol. The van der Waals surface area contributed by atoms with Crippen molar-refractivity contribution in [2.75, 3.05) is 0 Å². The van der Waals surface area contributed by atoms with E-state index in [0.717, 1.165) is 10.2 Å². The van der Waals surface area contributed by atoms with E-state index >= 15 is 0 Å². The van der Waals surface area contributed by atoms with E-state index in [1.54, 1.807) is 12.4 Å². The maximum Gasteiger partial charge on any atom is 0.252 e. The third-order valence-corrected chi connectivity index (χ3v) is 5.02. The number of hydrogen-bond donors (Lipinski definition) is 4. The number of imidazole rings is 1. The first-order valence-corrected chi connectivity index (χ1v) is 8.80. The highest BCUT2D eigenvalue weighted by Gasteiger charge is 2.31. The fraction of sp³-hybridized carbons (Fsp3) is 0.353. The highest BCUT2D eigenvalue weighted by molar-refractivity contribution is 7.18. The number of H-pyrrole nitrogens is 1. The first kappa shape index (κ1) is 17.5. The molecule has 0 aliphatic carbocycles. The van der Waals surface area contributed by atoms with Crippen LogP contribution in [-0.4, -0.2) is 37.2 Å². The van der Waals surface area contributed by atoms with Crippen LogP contribution < -0.4 is 5.32 Å². The van der Waals surface area contributed by atoms with Gasteiger partial charge in [0, 0.05) is 12.4 Å². The molecule has 0 aliphatic rings. The minimum Gasteiger partial charge on any atom is -0.383 e. The van der Waals surface area contributed by atoms with Crippen LogP contribution in [0, 0.1) is 5.92 Å². The fourth-order valence-electron chi connectivity index (χ4n) is 2.53. The van der Waals surface area contributed by atoms with Crippen molar-refractivity contribution in [2.24, 2.45) is 5.92 Å². The molecule has 3 atom stereocenters. The van der Waals surface area contributed by atoms with Crippen LogP contribution in [0.5, 0.6) is 0 Å². The molecule has 132 valence electrons. The second-order valence-corrected chi connectivity index (χ2v) is 7.18. The van der Waals surface area contributed by atoms with Gasteiger partial charge in [0.2, 0.25) is 0 Å². The third kappa shape index (κ3) is 3.71. The molecule has 3 rings (SSSR count). The summed E-state index contributed by atoms with van der Waals surface area (Å²) in [5.74, 6) is -0.00576. The van der Waals surface area contributed by atoms with Crippen molar-refractivity contribution in [3.8, 4) is 0 Å². The van der Waals surface area contributed by atoms with E-state index in [0.29, 0.717) is 10.8 Å². The maximum absolute atomic E-state index is 12.4. The molecule has 1 amide bonds. The summed E-state index contributed by atoms with van der Waals surface area (Å²) in [5, 5.41) is 23.7. The number of aliphatic hydroxyl groups is 2. The van der Waals surface area contributed by atoms with Crippen molar-refractivity contribution in [3.05, 3.63) is 47.5 Å². The van der Waals surface area contributed by atoms with Gasteiger partial charge < -0.3 is 20.5 Å². The van der Waals surface area contributed by atoms with Gasteiger partial charge in [-0.2, -0.15) is 0 Å². The molecule has 4 N–H and O–H groups in total. The Morgan fingerprint density at radius 3 is 2.68 bits per heavy atom. The number of aliphatic hydroxyl groups excluding tert-OH is 2. The normalized spacial score (nSPS) is 15.2. The Balaban J connectivity index is 1.74. The number of benzene rings is 1. The lowest BCUT2D eigenvalue weighted by atomic mass is 10.0. The van der Waals surface area contributed by atoms with Crippen molar-refractivity contribution in [3.63, 3.8) is 0 Å². The highest BCUT2D eigenvalue weighted by atomic mass is 32.1. The summed E-state index contributed by atoms with van der Waals surface area (Å²) >= 11 is 1.25. The quantitative estimate of drug-likeness (QED) is 0.537. The second-order valence-electron chi connectivity index (χ2n) is 6.11. The van der Waals surface area contributed by atoms with Crippen LogP contribution >= 0.6 is 11.3 Å². The van der Waals surface area contributed by atoms with Gasteiger partial charge in [0.1, 0.15) is 16.9 Å². The summed E-state index contributed by atoms with van der Waals surface area (Å²) in [6.45, 7) is 3.87. The Morgan fingerprint density at radius 2 is 2.04 bits per heavy atom. The summed E-state index contributed by atoms with van der Waals surface area (Å²) in [4.78, 5) is 23.8. The zero-order chi connectivity index (χ0) is 18.0. The Morgan fingerprint density at radius 1 is 1.28 bits per heavy atom. The minimum atomic E-state index is -1.61. The molecular formula is C17H20N4O3S. The Kier molecular flexibility index (Phi) is 5.12. The number of carbonyl (C=O) groups is 1. The molecule has 3 aromatic rings. The number of amides is 1. The molecule has 25 heavy (non-hydrogen) atoms. The lowest BCUT2D eigenvalue weighted by Crippen LogP contribution is -2.42. The van der Waals surface area contributed by atoms with Crippen LogP contribution in [0.1, 0.15) is 36.8 Å². The zero-order valence-electron chi connectivity index (χ0n) is 13.9. The molecule has 8 heteroatoms. The number of para-hydroxylation sites is 1. The maximum atomic E-state index is 12.4. The number of fused-ring (bicyclic) bond motifs is 1. The van der Waals surface area contributed by atoms with Crippen LogP contribution in [0.4, 0.5) is 0 Å². The number of aromatic amines is 1. The number of nitrogens with zero attached hydrogens (tertiary/aromatic N) is 2. The first-order valence-electron chi connectivity index (χ1n) is 7.98. The predicted octanol–water partition coefficient (Wildman–Crippen LogP) is 1.93. The van der Waals surface area contributed by atoms with E-state index in [9.17, 15) is 15.0 Å². The number of nitrogens with one attached hydrogen (secondary N) is 2. The van der Waals surface area contributed by atoms with Gasteiger partial charge >= 0.3 is 0 Å². The van der Waals surface area contributed by atoms with Crippen LogP contribution in [0.3, 0.4) is 0 Å². The molecule has 0 aliphatic heterocycles. The molecule has 0 fully saturated rings. The molecule has 0 saturated carbocycles. The third-order valence-electron chi connectivity index (χ3n) is 3.91. The number of aromatic nitrogens is 3. The Hall–Kier alpha value is -2.29. The monoisotopic (exact) mass is 360 g/mol. The van der Waals surface area contributed by atoms with Gasteiger partial charge in [-0.1, -0.05) is 26.0 Å². The standard InChI is InChI=1S/C17H20N4O3S/c1-9(2)12(15-18-7-8-19-15)21-16(24)13(22)14(23)17-20-10-5-3-4-6-11(10)25-17/h3-9,12-14,22-23H,1-2H3,(H,18,19)(H,21,24). The SMILES string of the molecule is CC(C)C(NC(=O)C(O)C(O)c1nc2ccccc2s1)c1ncc[nH]1.